The van der Waals surface area contributed by atoms with Crippen LogP contribution in [0.5, 0.6) is 5.75 Å². The first-order valence-corrected chi connectivity index (χ1v) is 8.63. The number of rotatable bonds is 7. The third kappa shape index (κ3) is 4.52. The van der Waals surface area contributed by atoms with E-state index < -0.39 is 6.10 Å². The van der Waals surface area contributed by atoms with E-state index in [1.165, 1.54) is 5.56 Å². The zero-order valence-electron chi connectivity index (χ0n) is 14.8. The molecular formula is C22H25NO2. The number of ether oxygens (including phenoxy) is 1. The first-order chi connectivity index (χ1) is 12.0. The van der Waals surface area contributed by atoms with Crippen molar-refractivity contribution in [3.05, 3.63) is 78.6 Å². The number of aromatic amines is 1. The first kappa shape index (κ1) is 17.3. The van der Waals surface area contributed by atoms with E-state index in [1.807, 2.05) is 60.8 Å². The molecule has 1 unspecified atom stereocenters. The van der Waals surface area contributed by atoms with Crippen molar-refractivity contribution in [2.75, 3.05) is 6.61 Å². The fourth-order valence-electron chi connectivity index (χ4n) is 2.86. The predicted octanol–water partition coefficient (Wildman–Crippen LogP) is 4.69. The van der Waals surface area contributed by atoms with Crippen LogP contribution in [0.2, 0.25) is 0 Å². The van der Waals surface area contributed by atoms with Gasteiger partial charge in [0, 0.05) is 11.9 Å². The van der Waals surface area contributed by atoms with Crippen LogP contribution in [0.1, 0.15) is 19.5 Å². The molecule has 1 aromatic heterocycles. The Morgan fingerprint density at radius 3 is 2.24 bits per heavy atom. The van der Waals surface area contributed by atoms with Gasteiger partial charge in [0.25, 0.3) is 0 Å². The summed E-state index contributed by atoms with van der Waals surface area (Å²) in [6.07, 6.45) is 2.13. The van der Waals surface area contributed by atoms with Gasteiger partial charge in [-0.2, -0.15) is 0 Å². The van der Waals surface area contributed by atoms with Crippen molar-refractivity contribution >= 4 is 0 Å². The number of hydrogen-bond donors (Lipinski definition) is 2. The van der Waals surface area contributed by atoms with Crippen molar-refractivity contribution in [2.45, 2.75) is 26.4 Å². The molecule has 3 heteroatoms. The summed E-state index contributed by atoms with van der Waals surface area (Å²) in [4.78, 5) is 3.19. The molecule has 25 heavy (non-hydrogen) atoms. The molecule has 1 heterocycles. The molecule has 1 atom stereocenters. The summed E-state index contributed by atoms with van der Waals surface area (Å²) >= 11 is 0. The molecule has 0 spiro atoms. The first-order valence-electron chi connectivity index (χ1n) is 8.63. The maximum Gasteiger partial charge on any atom is 0.119 e. The van der Waals surface area contributed by atoms with E-state index in [0.717, 1.165) is 23.4 Å². The van der Waals surface area contributed by atoms with E-state index in [4.69, 9.17) is 4.74 Å². The highest BCUT2D eigenvalue weighted by Crippen LogP contribution is 2.27. The number of aliphatic hydroxyl groups excluding tert-OH is 1. The minimum atomic E-state index is -0.551. The second kappa shape index (κ2) is 7.58. The average Bonchev–Trinajstić information content (AvgIpc) is 3.13. The van der Waals surface area contributed by atoms with Crippen LogP contribution < -0.4 is 4.74 Å². The molecular weight excluding hydrogens is 310 g/mol. The summed E-state index contributed by atoms with van der Waals surface area (Å²) in [5.74, 6) is 0.773. The van der Waals surface area contributed by atoms with E-state index in [2.05, 4.69) is 31.0 Å². The minimum Gasteiger partial charge on any atom is -0.491 e. The topological polar surface area (TPSA) is 45.2 Å². The second-order valence-corrected chi connectivity index (χ2v) is 7.08. The molecule has 3 aromatic rings. The van der Waals surface area contributed by atoms with E-state index in [1.54, 1.807) is 0 Å². The van der Waals surface area contributed by atoms with Crippen LogP contribution in [0.25, 0.3) is 11.1 Å². The molecule has 3 nitrogen and oxygen atoms in total. The SMILES string of the molecule is CC(C)(Cc1ccc[nH]1)C(O)COc1ccc(-c2ccccc2)cc1. The van der Waals surface area contributed by atoms with Crippen molar-refractivity contribution in [1.29, 1.82) is 0 Å². The van der Waals surface area contributed by atoms with Gasteiger partial charge in [0.1, 0.15) is 12.4 Å². The molecule has 0 bridgehead atoms. The average molecular weight is 335 g/mol. The molecule has 0 fully saturated rings. The van der Waals surface area contributed by atoms with Crippen molar-refractivity contribution in [1.82, 2.24) is 4.98 Å². The van der Waals surface area contributed by atoms with Crippen molar-refractivity contribution in [3.63, 3.8) is 0 Å². The van der Waals surface area contributed by atoms with Crippen molar-refractivity contribution in [3.8, 4) is 16.9 Å². The third-order valence-corrected chi connectivity index (χ3v) is 4.58. The van der Waals surface area contributed by atoms with E-state index >= 15 is 0 Å². The van der Waals surface area contributed by atoms with Gasteiger partial charge in [-0.05, 0) is 47.2 Å². The molecule has 3 rings (SSSR count). The van der Waals surface area contributed by atoms with Gasteiger partial charge in [0.15, 0.2) is 0 Å². The van der Waals surface area contributed by atoms with Gasteiger partial charge < -0.3 is 14.8 Å². The second-order valence-electron chi connectivity index (χ2n) is 7.08. The molecule has 0 saturated heterocycles. The van der Waals surface area contributed by atoms with Crippen LogP contribution in [-0.2, 0) is 6.42 Å². The maximum atomic E-state index is 10.5. The lowest BCUT2D eigenvalue weighted by molar-refractivity contribution is 0.0114. The third-order valence-electron chi connectivity index (χ3n) is 4.58. The van der Waals surface area contributed by atoms with Gasteiger partial charge >= 0.3 is 0 Å². The van der Waals surface area contributed by atoms with Crippen molar-refractivity contribution in [2.24, 2.45) is 5.41 Å². The molecule has 2 N–H and O–H groups in total. The smallest absolute Gasteiger partial charge is 0.119 e. The summed E-state index contributed by atoms with van der Waals surface area (Å²) < 4.78 is 5.80. The number of hydrogen-bond acceptors (Lipinski definition) is 2. The van der Waals surface area contributed by atoms with Gasteiger partial charge in [0.05, 0.1) is 6.10 Å². The number of benzene rings is 2. The van der Waals surface area contributed by atoms with Crippen LogP contribution in [0.15, 0.2) is 72.9 Å². The Kier molecular flexibility index (Phi) is 5.25. The van der Waals surface area contributed by atoms with Crippen LogP contribution in [0, 0.1) is 5.41 Å². The van der Waals surface area contributed by atoms with Gasteiger partial charge in [-0.3, -0.25) is 0 Å². The maximum absolute atomic E-state index is 10.5. The summed E-state index contributed by atoms with van der Waals surface area (Å²) in [5, 5.41) is 10.5. The monoisotopic (exact) mass is 335 g/mol. The molecule has 130 valence electrons. The standard InChI is InChI=1S/C22H25NO2/c1-22(2,15-19-9-6-14-23-19)21(24)16-25-20-12-10-18(11-13-20)17-7-4-3-5-8-17/h3-14,21,23-24H,15-16H2,1-2H3. The lowest BCUT2D eigenvalue weighted by Gasteiger charge is -2.30. The Bertz CT molecular complexity index is 762. The molecule has 0 amide bonds. The highest BCUT2D eigenvalue weighted by molar-refractivity contribution is 5.63. The van der Waals surface area contributed by atoms with Crippen LogP contribution in [-0.4, -0.2) is 22.8 Å². The van der Waals surface area contributed by atoms with Crippen LogP contribution in [0.4, 0.5) is 0 Å². The van der Waals surface area contributed by atoms with Gasteiger partial charge in [-0.15, -0.1) is 0 Å². The Morgan fingerprint density at radius 2 is 1.60 bits per heavy atom. The summed E-state index contributed by atoms with van der Waals surface area (Å²) in [6, 6.07) is 22.2. The predicted molar refractivity (Wildman–Crippen MR) is 102 cm³/mol. The van der Waals surface area contributed by atoms with Gasteiger partial charge in [-0.1, -0.05) is 56.3 Å². The Hall–Kier alpha value is -2.52. The van der Waals surface area contributed by atoms with Gasteiger partial charge in [-0.25, -0.2) is 0 Å². The Morgan fingerprint density at radius 1 is 0.920 bits per heavy atom. The number of H-pyrrole nitrogens is 1. The van der Waals surface area contributed by atoms with Crippen molar-refractivity contribution < 1.29 is 9.84 Å². The molecule has 0 aliphatic rings. The molecule has 2 aromatic carbocycles. The highest BCUT2D eigenvalue weighted by Gasteiger charge is 2.29. The minimum absolute atomic E-state index is 0.269. The normalized spacial score (nSPS) is 12.8. The zero-order valence-corrected chi connectivity index (χ0v) is 14.8. The largest absolute Gasteiger partial charge is 0.491 e. The Balaban J connectivity index is 1.57. The zero-order chi connectivity index (χ0) is 17.7. The fraction of sp³-hybridized carbons (Fsp3) is 0.273. The quantitative estimate of drug-likeness (QED) is 0.658. The lowest BCUT2D eigenvalue weighted by Crippen LogP contribution is -2.36. The van der Waals surface area contributed by atoms with E-state index in [9.17, 15) is 5.11 Å². The molecule has 0 radical (unpaired) electrons. The summed E-state index contributed by atoms with van der Waals surface area (Å²) in [6.45, 7) is 4.39. The number of nitrogens with one attached hydrogen (secondary N) is 1. The van der Waals surface area contributed by atoms with Crippen LogP contribution >= 0.6 is 0 Å². The molecule has 0 aliphatic heterocycles. The van der Waals surface area contributed by atoms with E-state index in [0.29, 0.717) is 0 Å². The summed E-state index contributed by atoms with van der Waals surface area (Å²) in [5.41, 5.74) is 3.19. The van der Waals surface area contributed by atoms with Crippen LogP contribution in [0.3, 0.4) is 0 Å². The Labute approximate surface area is 149 Å². The summed E-state index contributed by atoms with van der Waals surface area (Å²) in [7, 11) is 0. The molecule has 0 saturated carbocycles. The number of aliphatic hydroxyl groups is 1. The number of aromatic nitrogens is 1. The van der Waals surface area contributed by atoms with Gasteiger partial charge in [0.2, 0.25) is 0 Å². The highest BCUT2D eigenvalue weighted by atomic mass is 16.5. The molecule has 0 aliphatic carbocycles. The fourth-order valence-corrected chi connectivity index (χ4v) is 2.86. The lowest BCUT2D eigenvalue weighted by atomic mass is 9.82. The van der Waals surface area contributed by atoms with E-state index in [-0.39, 0.29) is 12.0 Å².